The molecule has 1 aliphatic rings. The fourth-order valence-electron chi connectivity index (χ4n) is 1.46. The van der Waals surface area contributed by atoms with Crippen molar-refractivity contribution in [2.24, 2.45) is 0 Å². The first-order valence-corrected chi connectivity index (χ1v) is 6.92. The van der Waals surface area contributed by atoms with E-state index in [9.17, 15) is 4.79 Å². The molecule has 5 heteroatoms. The summed E-state index contributed by atoms with van der Waals surface area (Å²) in [7, 11) is 0. The Balaban J connectivity index is 2.17. The Morgan fingerprint density at radius 3 is 2.81 bits per heavy atom. The summed E-state index contributed by atoms with van der Waals surface area (Å²) in [5, 5.41) is 3.79. The van der Waals surface area contributed by atoms with Crippen LogP contribution in [0.25, 0.3) is 0 Å². The SMILES string of the molecule is CCNC(CCSC1COC1)C(=O)OCC. The number of hydrogen-bond donors (Lipinski definition) is 1. The van der Waals surface area contributed by atoms with Crippen molar-refractivity contribution in [3.63, 3.8) is 0 Å². The van der Waals surface area contributed by atoms with Crippen LogP contribution < -0.4 is 5.32 Å². The predicted molar refractivity (Wildman–Crippen MR) is 65.8 cm³/mol. The maximum atomic E-state index is 11.6. The number of rotatable bonds is 8. The van der Waals surface area contributed by atoms with Crippen LogP contribution in [0.5, 0.6) is 0 Å². The summed E-state index contributed by atoms with van der Waals surface area (Å²) >= 11 is 1.88. The van der Waals surface area contributed by atoms with Crippen LogP contribution in [0.2, 0.25) is 0 Å². The molecular formula is C11H21NO3S. The number of hydrogen-bond acceptors (Lipinski definition) is 5. The summed E-state index contributed by atoms with van der Waals surface area (Å²) in [6.07, 6.45) is 0.827. The van der Waals surface area contributed by atoms with E-state index in [0.717, 1.165) is 31.9 Å². The van der Waals surface area contributed by atoms with Gasteiger partial charge in [0.2, 0.25) is 0 Å². The maximum absolute atomic E-state index is 11.6. The third-order valence-electron chi connectivity index (χ3n) is 2.39. The third kappa shape index (κ3) is 4.72. The van der Waals surface area contributed by atoms with Gasteiger partial charge in [0.1, 0.15) is 6.04 Å². The summed E-state index contributed by atoms with van der Waals surface area (Å²) < 4.78 is 10.1. The zero-order chi connectivity index (χ0) is 11.8. The molecule has 1 aliphatic heterocycles. The zero-order valence-electron chi connectivity index (χ0n) is 10.0. The molecule has 1 saturated heterocycles. The van der Waals surface area contributed by atoms with E-state index in [1.807, 2.05) is 25.6 Å². The van der Waals surface area contributed by atoms with Gasteiger partial charge in [0, 0.05) is 0 Å². The minimum Gasteiger partial charge on any atom is -0.465 e. The van der Waals surface area contributed by atoms with E-state index < -0.39 is 0 Å². The molecule has 1 N–H and O–H groups in total. The molecule has 0 aromatic carbocycles. The number of carbonyl (C=O) groups is 1. The van der Waals surface area contributed by atoms with Crippen molar-refractivity contribution >= 4 is 17.7 Å². The highest BCUT2D eigenvalue weighted by Gasteiger charge is 2.22. The number of likely N-dealkylation sites (N-methyl/N-ethyl adjacent to an activating group) is 1. The molecule has 0 spiro atoms. The van der Waals surface area contributed by atoms with E-state index >= 15 is 0 Å². The number of nitrogens with one attached hydrogen (secondary N) is 1. The van der Waals surface area contributed by atoms with Crippen LogP contribution in [-0.4, -0.2) is 49.4 Å². The minimum atomic E-state index is -0.154. The van der Waals surface area contributed by atoms with Gasteiger partial charge in [0.15, 0.2) is 0 Å². The molecule has 1 heterocycles. The molecule has 4 nitrogen and oxygen atoms in total. The highest BCUT2D eigenvalue weighted by Crippen LogP contribution is 2.20. The quantitative estimate of drug-likeness (QED) is 0.650. The third-order valence-corrected chi connectivity index (χ3v) is 3.60. The average molecular weight is 247 g/mol. The largest absolute Gasteiger partial charge is 0.465 e. The van der Waals surface area contributed by atoms with Gasteiger partial charge in [0.25, 0.3) is 0 Å². The van der Waals surface area contributed by atoms with Crippen molar-refractivity contribution in [2.75, 3.05) is 32.1 Å². The normalized spacial score (nSPS) is 17.9. The van der Waals surface area contributed by atoms with Gasteiger partial charge in [-0.05, 0) is 25.6 Å². The van der Waals surface area contributed by atoms with Gasteiger partial charge in [-0.1, -0.05) is 6.92 Å². The molecule has 0 aromatic heterocycles. The average Bonchev–Trinajstić information content (AvgIpc) is 2.20. The van der Waals surface area contributed by atoms with Crippen LogP contribution in [0.15, 0.2) is 0 Å². The monoisotopic (exact) mass is 247 g/mol. The van der Waals surface area contributed by atoms with Crippen LogP contribution in [0, 0.1) is 0 Å². The fourth-order valence-corrected chi connectivity index (χ4v) is 2.55. The Morgan fingerprint density at radius 1 is 1.56 bits per heavy atom. The van der Waals surface area contributed by atoms with Crippen LogP contribution in [0.1, 0.15) is 20.3 Å². The number of thioether (sulfide) groups is 1. The molecule has 1 atom stereocenters. The van der Waals surface area contributed by atoms with E-state index in [4.69, 9.17) is 9.47 Å². The second-order valence-electron chi connectivity index (χ2n) is 3.68. The van der Waals surface area contributed by atoms with E-state index in [1.54, 1.807) is 0 Å². The molecule has 94 valence electrons. The molecule has 1 unspecified atom stereocenters. The Morgan fingerprint density at radius 2 is 2.31 bits per heavy atom. The fraction of sp³-hybridized carbons (Fsp3) is 0.909. The first-order valence-electron chi connectivity index (χ1n) is 5.87. The Hall–Kier alpha value is -0.260. The predicted octanol–water partition coefficient (Wildman–Crippen LogP) is 1.05. The van der Waals surface area contributed by atoms with E-state index in [0.29, 0.717) is 11.9 Å². The maximum Gasteiger partial charge on any atom is 0.323 e. The van der Waals surface area contributed by atoms with E-state index in [1.165, 1.54) is 0 Å². The van der Waals surface area contributed by atoms with Gasteiger partial charge < -0.3 is 14.8 Å². The van der Waals surface area contributed by atoms with Gasteiger partial charge >= 0.3 is 5.97 Å². The molecule has 16 heavy (non-hydrogen) atoms. The van der Waals surface area contributed by atoms with E-state index in [2.05, 4.69) is 5.32 Å². The van der Waals surface area contributed by atoms with Crippen LogP contribution in [-0.2, 0) is 14.3 Å². The standard InChI is InChI=1S/C11H21NO3S/c1-3-12-10(11(13)15-4-2)5-6-16-9-7-14-8-9/h9-10,12H,3-8H2,1-2H3. The van der Waals surface area contributed by atoms with Gasteiger partial charge in [-0.15, -0.1) is 0 Å². The van der Waals surface area contributed by atoms with Crippen LogP contribution in [0.3, 0.4) is 0 Å². The van der Waals surface area contributed by atoms with Gasteiger partial charge in [0.05, 0.1) is 25.1 Å². The van der Waals surface area contributed by atoms with Gasteiger partial charge in [-0.2, -0.15) is 11.8 Å². The lowest BCUT2D eigenvalue weighted by Crippen LogP contribution is -2.39. The number of ether oxygens (including phenoxy) is 2. The Kier molecular flexibility index (Phi) is 6.84. The van der Waals surface area contributed by atoms with Crippen LogP contribution >= 0.6 is 11.8 Å². The molecule has 0 aliphatic carbocycles. The van der Waals surface area contributed by atoms with Crippen molar-refractivity contribution in [1.82, 2.24) is 5.32 Å². The van der Waals surface area contributed by atoms with Crippen molar-refractivity contribution in [2.45, 2.75) is 31.6 Å². The highest BCUT2D eigenvalue weighted by molar-refractivity contribution is 8.00. The molecule has 0 bridgehead atoms. The van der Waals surface area contributed by atoms with E-state index in [-0.39, 0.29) is 12.0 Å². The lowest BCUT2D eigenvalue weighted by molar-refractivity contribution is -0.145. The summed E-state index contributed by atoms with van der Waals surface area (Å²) in [5.41, 5.74) is 0. The summed E-state index contributed by atoms with van der Waals surface area (Å²) in [6.45, 7) is 6.79. The first-order chi connectivity index (χ1) is 7.77. The van der Waals surface area contributed by atoms with Crippen molar-refractivity contribution in [3.8, 4) is 0 Å². The first kappa shape index (κ1) is 13.8. The summed E-state index contributed by atoms with van der Waals surface area (Å²) in [6, 6.07) is -0.154. The molecule has 0 amide bonds. The molecular weight excluding hydrogens is 226 g/mol. The second kappa shape index (κ2) is 7.92. The summed E-state index contributed by atoms with van der Waals surface area (Å²) in [5.74, 6) is 0.847. The van der Waals surface area contributed by atoms with Crippen molar-refractivity contribution in [3.05, 3.63) is 0 Å². The lowest BCUT2D eigenvalue weighted by atomic mass is 10.2. The number of esters is 1. The smallest absolute Gasteiger partial charge is 0.323 e. The van der Waals surface area contributed by atoms with Crippen LogP contribution in [0.4, 0.5) is 0 Å². The molecule has 1 fully saturated rings. The molecule has 0 saturated carbocycles. The minimum absolute atomic E-state index is 0.130. The second-order valence-corrected chi connectivity index (χ2v) is 5.09. The van der Waals surface area contributed by atoms with Crippen molar-refractivity contribution < 1.29 is 14.3 Å². The molecule has 0 radical (unpaired) electrons. The molecule has 0 aromatic rings. The highest BCUT2D eigenvalue weighted by atomic mass is 32.2. The van der Waals surface area contributed by atoms with Gasteiger partial charge in [-0.3, -0.25) is 4.79 Å². The Labute approximate surface area is 101 Å². The lowest BCUT2D eigenvalue weighted by Gasteiger charge is -2.26. The van der Waals surface area contributed by atoms with Gasteiger partial charge in [-0.25, -0.2) is 0 Å². The number of carbonyl (C=O) groups excluding carboxylic acids is 1. The Bertz CT molecular complexity index is 209. The summed E-state index contributed by atoms with van der Waals surface area (Å²) in [4.78, 5) is 11.6. The topological polar surface area (TPSA) is 47.6 Å². The van der Waals surface area contributed by atoms with Crippen molar-refractivity contribution in [1.29, 1.82) is 0 Å². The zero-order valence-corrected chi connectivity index (χ0v) is 10.8. The molecule has 1 rings (SSSR count).